The van der Waals surface area contributed by atoms with Crippen LogP contribution in [0.5, 0.6) is 0 Å². The molecule has 0 spiro atoms. The van der Waals surface area contributed by atoms with Gasteiger partial charge in [0.25, 0.3) is 0 Å². The van der Waals surface area contributed by atoms with Gasteiger partial charge in [0.2, 0.25) is 0 Å². The molecule has 0 aromatic heterocycles. The van der Waals surface area contributed by atoms with E-state index in [9.17, 15) is 0 Å². The van der Waals surface area contributed by atoms with Crippen LogP contribution in [0.25, 0.3) is 0 Å². The summed E-state index contributed by atoms with van der Waals surface area (Å²) in [6.07, 6.45) is 0. The number of nitrogens with one attached hydrogen (secondary N) is 1. The molecule has 0 saturated carbocycles. The molecule has 0 heterocycles. The maximum Gasteiger partial charge on any atom is 0.0500 e. The van der Waals surface area contributed by atoms with Crippen LogP contribution < -0.4 is 5.32 Å². The Labute approximate surface area is 136 Å². The van der Waals surface area contributed by atoms with Gasteiger partial charge in [0, 0.05) is 28.3 Å². The third kappa shape index (κ3) is 4.63. The van der Waals surface area contributed by atoms with Crippen LogP contribution in [0.15, 0.2) is 42.5 Å². The van der Waals surface area contributed by atoms with Gasteiger partial charge in [-0.05, 0) is 56.4 Å². The molecule has 1 N–H and O–H groups in total. The lowest BCUT2D eigenvalue weighted by Gasteiger charge is -2.18. The molecule has 0 amide bonds. The minimum atomic E-state index is 0.115. The molecule has 0 radical (unpaired) electrons. The van der Waals surface area contributed by atoms with E-state index in [0.717, 1.165) is 17.8 Å². The van der Waals surface area contributed by atoms with Crippen LogP contribution in [0.1, 0.15) is 24.1 Å². The van der Waals surface area contributed by atoms with Crippen LogP contribution in [0.4, 0.5) is 5.69 Å². The fourth-order valence-corrected chi connectivity index (χ4v) is 2.88. The summed E-state index contributed by atoms with van der Waals surface area (Å²) in [5.41, 5.74) is 3.41. The molecule has 1 unspecified atom stereocenters. The van der Waals surface area contributed by atoms with E-state index in [1.54, 1.807) is 6.07 Å². The summed E-state index contributed by atoms with van der Waals surface area (Å²) in [6, 6.07) is 14.2. The molecule has 1 atom stereocenters. The van der Waals surface area contributed by atoms with Crippen molar-refractivity contribution in [1.29, 1.82) is 0 Å². The number of nitrogens with zero attached hydrogens (tertiary/aromatic N) is 1. The molecule has 112 valence electrons. The quantitative estimate of drug-likeness (QED) is 0.811. The normalized spacial score (nSPS) is 12.5. The highest BCUT2D eigenvalue weighted by atomic mass is 35.5. The molecule has 21 heavy (non-hydrogen) atoms. The van der Waals surface area contributed by atoms with Crippen molar-refractivity contribution in [1.82, 2.24) is 4.90 Å². The van der Waals surface area contributed by atoms with Gasteiger partial charge in [0.05, 0.1) is 0 Å². The minimum absolute atomic E-state index is 0.115. The van der Waals surface area contributed by atoms with Crippen molar-refractivity contribution in [2.75, 3.05) is 19.4 Å². The molecule has 0 aliphatic rings. The Balaban J connectivity index is 2.13. The molecule has 2 rings (SSSR count). The lowest BCUT2D eigenvalue weighted by atomic mass is 10.1. The Kier molecular flexibility index (Phi) is 5.51. The second kappa shape index (κ2) is 7.17. The molecular weight excluding hydrogens is 303 g/mol. The third-order valence-electron chi connectivity index (χ3n) is 3.24. The van der Waals surface area contributed by atoms with E-state index in [4.69, 9.17) is 23.2 Å². The Bertz CT molecular complexity index is 611. The maximum atomic E-state index is 6.26. The smallest absolute Gasteiger partial charge is 0.0500 e. The number of benzene rings is 2. The largest absolute Gasteiger partial charge is 0.378 e. The SMILES string of the molecule is CC(Nc1cccc(CN(C)C)c1)c1ccc(Cl)cc1Cl. The second-order valence-electron chi connectivity index (χ2n) is 5.47. The van der Waals surface area contributed by atoms with Crippen LogP contribution in [0.3, 0.4) is 0 Å². The van der Waals surface area contributed by atoms with Crippen LogP contribution >= 0.6 is 23.2 Å². The van der Waals surface area contributed by atoms with Gasteiger partial charge >= 0.3 is 0 Å². The van der Waals surface area contributed by atoms with E-state index in [-0.39, 0.29) is 6.04 Å². The molecule has 0 bridgehead atoms. The Morgan fingerprint density at radius 1 is 1.10 bits per heavy atom. The topological polar surface area (TPSA) is 15.3 Å². The van der Waals surface area contributed by atoms with E-state index >= 15 is 0 Å². The Morgan fingerprint density at radius 2 is 1.86 bits per heavy atom. The zero-order valence-electron chi connectivity index (χ0n) is 12.5. The fourth-order valence-electron chi connectivity index (χ4n) is 2.31. The Morgan fingerprint density at radius 3 is 2.52 bits per heavy atom. The molecule has 0 saturated heterocycles. The van der Waals surface area contributed by atoms with Crippen molar-refractivity contribution >= 4 is 28.9 Å². The third-order valence-corrected chi connectivity index (χ3v) is 3.80. The van der Waals surface area contributed by atoms with Gasteiger partial charge in [-0.1, -0.05) is 41.4 Å². The first-order valence-electron chi connectivity index (χ1n) is 6.91. The van der Waals surface area contributed by atoms with Crippen molar-refractivity contribution in [2.45, 2.75) is 19.5 Å². The first-order chi connectivity index (χ1) is 9.95. The van der Waals surface area contributed by atoms with Crippen LogP contribution in [0, 0.1) is 0 Å². The summed E-state index contributed by atoms with van der Waals surface area (Å²) in [7, 11) is 4.13. The van der Waals surface area contributed by atoms with Crippen LogP contribution in [-0.2, 0) is 6.54 Å². The highest BCUT2D eigenvalue weighted by Crippen LogP contribution is 2.28. The molecular formula is C17H20Cl2N2. The van der Waals surface area contributed by atoms with E-state index in [2.05, 4.69) is 55.5 Å². The zero-order chi connectivity index (χ0) is 15.4. The number of hydrogen-bond donors (Lipinski definition) is 1. The van der Waals surface area contributed by atoms with Gasteiger partial charge in [-0.2, -0.15) is 0 Å². The van der Waals surface area contributed by atoms with Crippen LogP contribution in [-0.4, -0.2) is 19.0 Å². The molecule has 2 aromatic carbocycles. The molecule has 4 heteroatoms. The van der Waals surface area contributed by atoms with Gasteiger partial charge in [-0.3, -0.25) is 0 Å². The predicted molar refractivity (Wildman–Crippen MR) is 92.3 cm³/mol. The standard InChI is InChI=1S/C17H20Cl2N2/c1-12(16-8-7-14(18)10-17(16)19)20-15-6-4-5-13(9-15)11-21(2)3/h4-10,12,20H,11H2,1-3H3. The molecule has 0 aliphatic heterocycles. The number of hydrogen-bond acceptors (Lipinski definition) is 2. The summed E-state index contributed by atoms with van der Waals surface area (Å²) < 4.78 is 0. The van der Waals surface area contributed by atoms with E-state index in [1.807, 2.05) is 12.1 Å². The van der Waals surface area contributed by atoms with Crippen molar-refractivity contribution in [3.8, 4) is 0 Å². The van der Waals surface area contributed by atoms with Gasteiger partial charge in [0.15, 0.2) is 0 Å². The van der Waals surface area contributed by atoms with Crippen molar-refractivity contribution in [3.05, 3.63) is 63.6 Å². The van der Waals surface area contributed by atoms with E-state index in [1.165, 1.54) is 5.56 Å². The van der Waals surface area contributed by atoms with E-state index in [0.29, 0.717) is 10.0 Å². The molecule has 0 fully saturated rings. The average Bonchev–Trinajstić information content (AvgIpc) is 2.37. The monoisotopic (exact) mass is 322 g/mol. The molecule has 2 aromatic rings. The summed E-state index contributed by atoms with van der Waals surface area (Å²) in [5, 5.41) is 4.83. The van der Waals surface area contributed by atoms with Crippen molar-refractivity contribution in [3.63, 3.8) is 0 Å². The summed E-state index contributed by atoms with van der Waals surface area (Å²) in [4.78, 5) is 2.15. The van der Waals surface area contributed by atoms with Crippen LogP contribution in [0.2, 0.25) is 10.0 Å². The molecule has 2 nitrogen and oxygen atoms in total. The molecule has 0 aliphatic carbocycles. The predicted octanol–water partition coefficient (Wildman–Crippen LogP) is 5.23. The van der Waals surface area contributed by atoms with Gasteiger partial charge < -0.3 is 10.2 Å². The number of anilines is 1. The lowest BCUT2D eigenvalue weighted by Crippen LogP contribution is -2.11. The second-order valence-corrected chi connectivity index (χ2v) is 6.31. The number of halogens is 2. The summed E-state index contributed by atoms with van der Waals surface area (Å²) >= 11 is 12.2. The van der Waals surface area contributed by atoms with E-state index < -0.39 is 0 Å². The Hall–Kier alpha value is -1.22. The maximum absolute atomic E-state index is 6.26. The average molecular weight is 323 g/mol. The lowest BCUT2D eigenvalue weighted by molar-refractivity contribution is 0.402. The minimum Gasteiger partial charge on any atom is -0.378 e. The van der Waals surface area contributed by atoms with Crippen molar-refractivity contribution < 1.29 is 0 Å². The first kappa shape index (κ1) is 16.2. The summed E-state index contributed by atoms with van der Waals surface area (Å²) in [5.74, 6) is 0. The van der Waals surface area contributed by atoms with Gasteiger partial charge in [-0.15, -0.1) is 0 Å². The zero-order valence-corrected chi connectivity index (χ0v) is 14.0. The van der Waals surface area contributed by atoms with Gasteiger partial charge in [-0.25, -0.2) is 0 Å². The highest BCUT2D eigenvalue weighted by Gasteiger charge is 2.10. The first-order valence-corrected chi connectivity index (χ1v) is 7.66. The fraction of sp³-hybridized carbons (Fsp3) is 0.294. The van der Waals surface area contributed by atoms with Gasteiger partial charge in [0.1, 0.15) is 0 Å². The number of rotatable bonds is 5. The summed E-state index contributed by atoms with van der Waals surface area (Å²) in [6.45, 7) is 3.01. The highest BCUT2D eigenvalue weighted by molar-refractivity contribution is 6.35. The van der Waals surface area contributed by atoms with Crippen molar-refractivity contribution in [2.24, 2.45) is 0 Å².